The fourth-order valence-electron chi connectivity index (χ4n) is 1.93. The van der Waals surface area contributed by atoms with Crippen molar-refractivity contribution in [3.63, 3.8) is 0 Å². The average Bonchev–Trinajstić information content (AvgIpc) is 2.28. The van der Waals surface area contributed by atoms with E-state index in [1.54, 1.807) is 12.1 Å². The van der Waals surface area contributed by atoms with Gasteiger partial charge in [-0.05, 0) is 31.4 Å². The predicted octanol–water partition coefficient (Wildman–Crippen LogP) is 2.94. The second-order valence-corrected chi connectivity index (χ2v) is 4.91. The highest BCUT2D eigenvalue weighted by molar-refractivity contribution is 5.98. The van der Waals surface area contributed by atoms with Gasteiger partial charge in [-0.15, -0.1) is 0 Å². The monoisotopic (exact) mass is 237 g/mol. The van der Waals surface area contributed by atoms with Crippen LogP contribution in [0.1, 0.15) is 36.2 Å². The van der Waals surface area contributed by atoms with Gasteiger partial charge >= 0.3 is 0 Å². The van der Waals surface area contributed by atoms with Gasteiger partial charge in [-0.2, -0.15) is 0 Å². The molecule has 0 radical (unpaired) electrons. The van der Waals surface area contributed by atoms with Gasteiger partial charge in [-0.3, -0.25) is 4.79 Å². The molecule has 1 rings (SSSR count). The van der Waals surface area contributed by atoms with E-state index in [9.17, 15) is 9.18 Å². The zero-order valence-electron chi connectivity index (χ0n) is 10.7. The topological polar surface area (TPSA) is 43.1 Å². The highest BCUT2D eigenvalue weighted by Gasteiger charge is 2.22. The van der Waals surface area contributed by atoms with Crippen molar-refractivity contribution in [2.45, 2.75) is 27.2 Å². The molecule has 0 amide bonds. The highest BCUT2D eigenvalue weighted by Crippen LogP contribution is 2.19. The summed E-state index contributed by atoms with van der Waals surface area (Å²) in [6.45, 7) is 6.17. The van der Waals surface area contributed by atoms with Gasteiger partial charge in [-0.1, -0.05) is 25.5 Å². The van der Waals surface area contributed by atoms with Crippen molar-refractivity contribution in [3.05, 3.63) is 35.1 Å². The van der Waals surface area contributed by atoms with E-state index in [4.69, 9.17) is 5.73 Å². The predicted molar refractivity (Wildman–Crippen MR) is 67.5 cm³/mol. The first-order valence-corrected chi connectivity index (χ1v) is 5.96. The van der Waals surface area contributed by atoms with Gasteiger partial charge in [-0.25, -0.2) is 4.39 Å². The summed E-state index contributed by atoms with van der Waals surface area (Å²) >= 11 is 0. The molecule has 0 heterocycles. The van der Waals surface area contributed by atoms with E-state index in [1.807, 2.05) is 20.8 Å². The van der Waals surface area contributed by atoms with E-state index < -0.39 is 5.82 Å². The number of ketones is 1. The third-order valence-electron chi connectivity index (χ3n) is 2.80. The maximum absolute atomic E-state index is 13.6. The molecule has 0 fully saturated rings. The second kappa shape index (κ2) is 5.92. The van der Waals surface area contributed by atoms with E-state index in [2.05, 4.69) is 0 Å². The molecule has 0 saturated carbocycles. The Kier molecular flexibility index (Phi) is 4.82. The fourth-order valence-corrected chi connectivity index (χ4v) is 1.93. The molecule has 1 aromatic rings. The zero-order chi connectivity index (χ0) is 13.0. The number of halogens is 1. The Morgan fingerprint density at radius 1 is 1.41 bits per heavy atom. The number of benzene rings is 1. The second-order valence-electron chi connectivity index (χ2n) is 4.91. The minimum atomic E-state index is -0.456. The van der Waals surface area contributed by atoms with Gasteiger partial charge in [0.25, 0.3) is 0 Å². The fraction of sp³-hybridized carbons (Fsp3) is 0.500. The van der Waals surface area contributed by atoms with E-state index >= 15 is 0 Å². The highest BCUT2D eigenvalue weighted by atomic mass is 19.1. The van der Waals surface area contributed by atoms with Gasteiger partial charge in [0, 0.05) is 12.5 Å². The van der Waals surface area contributed by atoms with Crippen molar-refractivity contribution >= 4 is 5.78 Å². The quantitative estimate of drug-likeness (QED) is 0.800. The minimum Gasteiger partial charge on any atom is -0.330 e. The summed E-state index contributed by atoms with van der Waals surface area (Å²) in [7, 11) is 0. The lowest BCUT2D eigenvalue weighted by Gasteiger charge is -2.16. The maximum atomic E-state index is 13.6. The molecule has 3 heteroatoms. The lowest BCUT2D eigenvalue weighted by atomic mass is 9.89. The van der Waals surface area contributed by atoms with E-state index in [1.165, 1.54) is 6.07 Å². The molecule has 0 saturated heterocycles. The largest absolute Gasteiger partial charge is 0.330 e. The molecule has 1 aromatic carbocycles. The summed E-state index contributed by atoms with van der Waals surface area (Å²) in [5, 5.41) is 0. The maximum Gasteiger partial charge on any atom is 0.170 e. The molecule has 1 atom stereocenters. The van der Waals surface area contributed by atoms with Crippen molar-refractivity contribution in [2.24, 2.45) is 17.6 Å². The molecule has 2 nitrogen and oxygen atoms in total. The molecule has 0 aliphatic heterocycles. The molecule has 17 heavy (non-hydrogen) atoms. The molecular weight excluding hydrogens is 217 g/mol. The van der Waals surface area contributed by atoms with Crippen LogP contribution in [-0.2, 0) is 0 Å². The molecule has 94 valence electrons. The Morgan fingerprint density at radius 2 is 2.06 bits per heavy atom. The lowest BCUT2D eigenvalue weighted by molar-refractivity contribution is 0.0904. The van der Waals surface area contributed by atoms with Crippen LogP contribution in [0.2, 0.25) is 0 Å². The Morgan fingerprint density at radius 3 is 2.59 bits per heavy atom. The smallest absolute Gasteiger partial charge is 0.170 e. The summed E-state index contributed by atoms with van der Waals surface area (Å²) in [6, 6.07) is 4.60. The molecule has 1 unspecified atom stereocenters. The van der Waals surface area contributed by atoms with Crippen molar-refractivity contribution < 1.29 is 9.18 Å². The van der Waals surface area contributed by atoms with Crippen molar-refractivity contribution in [2.75, 3.05) is 6.54 Å². The first-order valence-electron chi connectivity index (χ1n) is 5.96. The standard InChI is InChI=1S/C14H20FNO/c1-9(2)6-11(8-16)14(17)12-7-10(3)4-5-13(12)15/h4-5,7,9,11H,6,8,16H2,1-3H3. The van der Waals surface area contributed by atoms with Crippen LogP contribution in [0, 0.1) is 24.6 Å². The van der Waals surface area contributed by atoms with Crippen LogP contribution in [0.15, 0.2) is 18.2 Å². The lowest BCUT2D eigenvalue weighted by Crippen LogP contribution is -2.26. The Labute approximate surface area is 102 Å². The SMILES string of the molecule is Cc1ccc(F)c(C(=O)C(CN)CC(C)C)c1. The van der Waals surface area contributed by atoms with Gasteiger partial charge < -0.3 is 5.73 Å². The average molecular weight is 237 g/mol. The number of hydrogen-bond donors (Lipinski definition) is 1. The molecule has 0 bridgehead atoms. The molecule has 0 aromatic heterocycles. The number of nitrogens with two attached hydrogens (primary N) is 1. The summed E-state index contributed by atoms with van der Waals surface area (Å²) < 4.78 is 13.6. The van der Waals surface area contributed by atoms with Crippen LogP contribution in [0.4, 0.5) is 4.39 Å². The number of carbonyl (C=O) groups excluding carboxylic acids is 1. The van der Waals surface area contributed by atoms with Crippen molar-refractivity contribution in [1.82, 2.24) is 0 Å². The number of carbonyl (C=O) groups is 1. The van der Waals surface area contributed by atoms with Crippen molar-refractivity contribution in [3.8, 4) is 0 Å². The summed E-state index contributed by atoms with van der Waals surface area (Å²) in [6.07, 6.45) is 0.697. The Hall–Kier alpha value is -1.22. The molecule has 0 spiro atoms. The minimum absolute atomic E-state index is 0.168. The Balaban J connectivity index is 2.97. The van der Waals surface area contributed by atoms with Gasteiger partial charge in [0.05, 0.1) is 5.56 Å². The van der Waals surface area contributed by atoms with E-state index in [0.29, 0.717) is 12.3 Å². The van der Waals surface area contributed by atoms with E-state index in [0.717, 1.165) is 5.56 Å². The van der Waals surface area contributed by atoms with Crippen LogP contribution in [-0.4, -0.2) is 12.3 Å². The third kappa shape index (κ3) is 3.63. The number of hydrogen-bond acceptors (Lipinski definition) is 2. The summed E-state index contributed by atoms with van der Waals surface area (Å²) in [5.41, 5.74) is 6.66. The molecule has 0 aliphatic rings. The number of Topliss-reactive ketones (excluding diaryl/α,β-unsaturated/α-hetero) is 1. The summed E-state index contributed by atoms with van der Waals surface area (Å²) in [4.78, 5) is 12.2. The molecule has 0 aliphatic carbocycles. The first kappa shape index (κ1) is 13.8. The van der Waals surface area contributed by atoms with Crippen LogP contribution in [0.25, 0.3) is 0 Å². The number of aryl methyl sites for hydroxylation is 1. The van der Waals surface area contributed by atoms with Crippen molar-refractivity contribution in [1.29, 1.82) is 0 Å². The molecular formula is C14H20FNO. The molecule has 2 N–H and O–H groups in total. The first-order chi connectivity index (χ1) is 7.95. The van der Waals surface area contributed by atoms with Gasteiger partial charge in [0.15, 0.2) is 5.78 Å². The van der Waals surface area contributed by atoms with Crippen LogP contribution in [0.3, 0.4) is 0 Å². The van der Waals surface area contributed by atoms with Crippen LogP contribution >= 0.6 is 0 Å². The van der Waals surface area contributed by atoms with E-state index in [-0.39, 0.29) is 23.8 Å². The van der Waals surface area contributed by atoms with Crippen LogP contribution in [0.5, 0.6) is 0 Å². The Bertz CT molecular complexity index is 401. The zero-order valence-corrected chi connectivity index (χ0v) is 10.7. The van der Waals surface area contributed by atoms with Crippen LogP contribution < -0.4 is 5.73 Å². The summed E-state index contributed by atoms with van der Waals surface area (Å²) in [5.74, 6) is -0.545. The third-order valence-corrected chi connectivity index (χ3v) is 2.80. The normalized spacial score (nSPS) is 12.8. The van der Waals surface area contributed by atoms with Gasteiger partial charge in [0.2, 0.25) is 0 Å². The van der Waals surface area contributed by atoms with Gasteiger partial charge in [0.1, 0.15) is 5.82 Å². The number of rotatable bonds is 5.